The van der Waals surface area contributed by atoms with Gasteiger partial charge in [0.1, 0.15) is 5.75 Å². The summed E-state index contributed by atoms with van der Waals surface area (Å²) in [6.07, 6.45) is 0. The Hall–Kier alpha value is -3.31. The van der Waals surface area contributed by atoms with Gasteiger partial charge in [0.05, 0.1) is 5.52 Å². The zero-order valence-electron chi connectivity index (χ0n) is 14.3. The van der Waals surface area contributed by atoms with Gasteiger partial charge in [-0.15, -0.1) is 0 Å². The van der Waals surface area contributed by atoms with Crippen LogP contribution in [0.3, 0.4) is 0 Å². The molecule has 3 aromatic carbocycles. The van der Waals surface area contributed by atoms with Gasteiger partial charge in [-0.05, 0) is 47.5 Å². The Labute approximate surface area is 160 Å². The Morgan fingerprint density at radius 1 is 1.00 bits per heavy atom. The lowest BCUT2D eigenvalue weighted by molar-refractivity contribution is -0.118. The zero-order valence-corrected chi connectivity index (χ0v) is 15.0. The Morgan fingerprint density at radius 3 is 2.56 bits per heavy atom. The lowest BCUT2D eigenvalue weighted by atomic mass is 10.0. The molecular formula is C21H16ClN3O2. The van der Waals surface area contributed by atoms with E-state index >= 15 is 0 Å². The van der Waals surface area contributed by atoms with E-state index in [1.807, 2.05) is 48.5 Å². The van der Waals surface area contributed by atoms with Crippen molar-refractivity contribution in [2.45, 2.75) is 0 Å². The van der Waals surface area contributed by atoms with Crippen LogP contribution in [0.2, 0.25) is 5.02 Å². The van der Waals surface area contributed by atoms with Gasteiger partial charge in [-0.3, -0.25) is 9.89 Å². The summed E-state index contributed by atoms with van der Waals surface area (Å²) in [6.45, 7) is -0.113. The van der Waals surface area contributed by atoms with E-state index < -0.39 is 0 Å². The van der Waals surface area contributed by atoms with Crippen molar-refractivity contribution in [1.29, 1.82) is 0 Å². The molecule has 1 amide bonds. The van der Waals surface area contributed by atoms with E-state index in [1.165, 1.54) is 0 Å². The van der Waals surface area contributed by atoms with Crippen LogP contribution in [-0.2, 0) is 4.79 Å². The van der Waals surface area contributed by atoms with E-state index in [2.05, 4.69) is 15.5 Å². The van der Waals surface area contributed by atoms with Gasteiger partial charge in [0.2, 0.25) is 0 Å². The molecule has 1 aromatic heterocycles. The Morgan fingerprint density at radius 2 is 1.78 bits per heavy atom. The summed E-state index contributed by atoms with van der Waals surface area (Å²) >= 11 is 5.83. The number of halogens is 1. The topological polar surface area (TPSA) is 67.0 Å². The minimum absolute atomic E-state index is 0.113. The van der Waals surface area contributed by atoms with Crippen molar-refractivity contribution >= 4 is 34.2 Å². The third-order valence-electron chi connectivity index (χ3n) is 4.11. The second kappa shape index (κ2) is 7.51. The monoisotopic (exact) mass is 377 g/mol. The first kappa shape index (κ1) is 17.1. The summed E-state index contributed by atoms with van der Waals surface area (Å²) in [6, 6.07) is 22.9. The van der Waals surface area contributed by atoms with E-state index in [0.29, 0.717) is 16.6 Å². The van der Waals surface area contributed by atoms with Crippen LogP contribution >= 0.6 is 11.6 Å². The summed E-state index contributed by atoms with van der Waals surface area (Å²) in [4.78, 5) is 12.2. The van der Waals surface area contributed by atoms with Crippen LogP contribution in [0.4, 0.5) is 5.82 Å². The van der Waals surface area contributed by atoms with Gasteiger partial charge in [-0.1, -0.05) is 48.0 Å². The largest absolute Gasteiger partial charge is 0.484 e. The predicted molar refractivity (Wildman–Crippen MR) is 107 cm³/mol. The van der Waals surface area contributed by atoms with E-state index in [9.17, 15) is 4.79 Å². The standard InChI is InChI=1S/C21H16ClN3O2/c22-16-7-9-17(10-8-16)27-13-20(26)23-21-18-11-6-15(12-19(18)24-25-21)14-4-2-1-3-5-14/h1-12H,13H2,(H2,23,24,25,26). The number of nitrogens with zero attached hydrogens (tertiary/aromatic N) is 1. The molecule has 4 aromatic rings. The van der Waals surface area contributed by atoms with Gasteiger partial charge in [0, 0.05) is 10.4 Å². The number of carbonyl (C=O) groups is 1. The highest BCUT2D eigenvalue weighted by Gasteiger charge is 2.11. The molecule has 2 N–H and O–H groups in total. The molecule has 0 saturated heterocycles. The number of rotatable bonds is 5. The fraction of sp³-hybridized carbons (Fsp3) is 0.0476. The van der Waals surface area contributed by atoms with Gasteiger partial charge >= 0.3 is 0 Å². The minimum Gasteiger partial charge on any atom is -0.484 e. The summed E-state index contributed by atoms with van der Waals surface area (Å²) < 4.78 is 5.45. The number of nitrogens with one attached hydrogen (secondary N) is 2. The van der Waals surface area contributed by atoms with E-state index in [0.717, 1.165) is 22.0 Å². The molecule has 134 valence electrons. The summed E-state index contributed by atoms with van der Waals surface area (Å²) in [7, 11) is 0. The molecule has 0 aliphatic carbocycles. The van der Waals surface area contributed by atoms with Crippen molar-refractivity contribution in [1.82, 2.24) is 10.2 Å². The number of fused-ring (bicyclic) bond motifs is 1. The average molecular weight is 378 g/mol. The number of ether oxygens (including phenoxy) is 1. The first-order valence-corrected chi connectivity index (χ1v) is 8.78. The predicted octanol–water partition coefficient (Wildman–Crippen LogP) is 4.90. The minimum atomic E-state index is -0.287. The van der Waals surface area contributed by atoms with Crippen molar-refractivity contribution < 1.29 is 9.53 Å². The fourth-order valence-corrected chi connectivity index (χ4v) is 2.90. The summed E-state index contributed by atoms with van der Waals surface area (Å²) in [5.74, 6) is 0.772. The number of aromatic amines is 1. The van der Waals surface area contributed by atoms with Gasteiger partial charge < -0.3 is 10.1 Å². The number of hydrogen-bond acceptors (Lipinski definition) is 3. The number of anilines is 1. The van der Waals surface area contributed by atoms with Crippen LogP contribution in [-0.4, -0.2) is 22.7 Å². The van der Waals surface area contributed by atoms with Crippen LogP contribution in [0.25, 0.3) is 22.0 Å². The third kappa shape index (κ3) is 3.93. The van der Waals surface area contributed by atoms with Gasteiger partial charge in [-0.2, -0.15) is 5.10 Å². The first-order chi connectivity index (χ1) is 13.2. The molecule has 0 unspecified atom stereocenters. The summed E-state index contributed by atoms with van der Waals surface area (Å²) in [5, 5.41) is 11.4. The maximum atomic E-state index is 12.2. The van der Waals surface area contributed by atoms with Crippen LogP contribution in [0, 0.1) is 0 Å². The highest BCUT2D eigenvalue weighted by atomic mass is 35.5. The van der Waals surface area contributed by atoms with Crippen molar-refractivity contribution in [3.05, 3.63) is 77.8 Å². The molecule has 6 heteroatoms. The van der Waals surface area contributed by atoms with Crippen LogP contribution in [0.5, 0.6) is 5.75 Å². The van der Waals surface area contributed by atoms with Crippen molar-refractivity contribution in [2.24, 2.45) is 0 Å². The van der Waals surface area contributed by atoms with Crippen molar-refractivity contribution in [2.75, 3.05) is 11.9 Å². The van der Waals surface area contributed by atoms with Crippen LogP contribution < -0.4 is 10.1 Å². The normalized spacial score (nSPS) is 10.7. The maximum Gasteiger partial charge on any atom is 0.263 e. The molecule has 0 aliphatic heterocycles. The molecule has 0 atom stereocenters. The van der Waals surface area contributed by atoms with Crippen LogP contribution in [0.1, 0.15) is 0 Å². The number of carbonyl (C=O) groups excluding carboxylic acids is 1. The lowest BCUT2D eigenvalue weighted by Crippen LogP contribution is -2.20. The molecule has 0 radical (unpaired) electrons. The molecule has 1 heterocycles. The second-order valence-corrected chi connectivity index (χ2v) is 6.43. The smallest absolute Gasteiger partial charge is 0.263 e. The van der Waals surface area contributed by atoms with Crippen LogP contribution in [0.15, 0.2) is 72.8 Å². The fourth-order valence-electron chi connectivity index (χ4n) is 2.77. The van der Waals surface area contributed by atoms with Crippen molar-refractivity contribution in [3.63, 3.8) is 0 Å². The molecule has 27 heavy (non-hydrogen) atoms. The SMILES string of the molecule is O=C(COc1ccc(Cl)cc1)Nc1n[nH]c2cc(-c3ccccc3)ccc12. The number of aromatic nitrogens is 2. The number of hydrogen-bond donors (Lipinski definition) is 2. The van der Waals surface area contributed by atoms with Crippen molar-refractivity contribution in [3.8, 4) is 16.9 Å². The first-order valence-electron chi connectivity index (χ1n) is 8.41. The van der Waals surface area contributed by atoms with Gasteiger partial charge in [0.15, 0.2) is 12.4 Å². The average Bonchev–Trinajstić information content (AvgIpc) is 3.10. The molecule has 0 aliphatic rings. The molecule has 0 fully saturated rings. The maximum absolute atomic E-state index is 12.2. The molecule has 4 rings (SSSR count). The van der Waals surface area contributed by atoms with E-state index in [4.69, 9.17) is 16.3 Å². The lowest BCUT2D eigenvalue weighted by Gasteiger charge is -2.06. The molecule has 5 nitrogen and oxygen atoms in total. The molecule has 0 bridgehead atoms. The summed E-state index contributed by atoms with van der Waals surface area (Å²) in [5.41, 5.74) is 3.05. The number of benzene rings is 3. The Kier molecular flexibility index (Phi) is 4.77. The molecule has 0 saturated carbocycles. The Bertz CT molecular complexity index is 1080. The Balaban J connectivity index is 1.46. The van der Waals surface area contributed by atoms with Gasteiger partial charge in [-0.25, -0.2) is 0 Å². The highest BCUT2D eigenvalue weighted by molar-refractivity contribution is 6.30. The van der Waals surface area contributed by atoms with Gasteiger partial charge in [0.25, 0.3) is 5.91 Å². The zero-order chi connectivity index (χ0) is 18.6. The molecular weight excluding hydrogens is 362 g/mol. The molecule has 0 spiro atoms. The number of amides is 1. The second-order valence-electron chi connectivity index (χ2n) is 5.99. The van der Waals surface area contributed by atoms with E-state index in [-0.39, 0.29) is 12.5 Å². The quantitative estimate of drug-likeness (QED) is 0.519. The number of H-pyrrole nitrogens is 1. The van der Waals surface area contributed by atoms with E-state index in [1.54, 1.807) is 24.3 Å². The highest BCUT2D eigenvalue weighted by Crippen LogP contribution is 2.27. The third-order valence-corrected chi connectivity index (χ3v) is 4.36.